The summed E-state index contributed by atoms with van der Waals surface area (Å²) >= 11 is 0. The molecule has 0 unspecified atom stereocenters. The molecule has 0 N–H and O–H groups in total. The molecule has 0 aliphatic carbocycles. The highest BCUT2D eigenvalue weighted by atomic mass is 31.2. The molecule has 1 aromatic carbocycles. The highest BCUT2D eigenvalue weighted by Gasteiger charge is 2.31. The molecule has 88 valence electrons. The Hall–Kier alpha value is -0.610. The SMILES string of the molecule is C=Cc1cccc(C[P+](CC)(CC)CC)c1. The normalized spacial score (nSPS) is 11.4. The van der Waals surface area contributed by atoms with Gasteiger partial charge in [-0.05, 0) is 38.0 Å². The molecule has 0 spiro atoms. The summed E-state index contributed by atoms with van der Waals surface area (Å²) in [5, 5.41) is 0. The third-order valence-corrected chi connectivity index (χ3v) is 8.78. The van der Waals surface area contributed by atoms with E-state index in [0.717, 1.165) is 0 Å². The van der Waals surface area contributed by atoms with Gasteiger partial charge in [0.05, 0.1) is 24.6 Å². The molecule has 0 radical (unpaired) electrons. The van der Waals surface area contributed by atoms with Crippen LogP contribution in [-0.2, 0) is 6.16 Å². The molecular formula is C15H24P+. The molecule has 1 rings (SSSR count). The Bertz CT molecular complexity index is 329. The van der Waals surface area contributed by atoms with Gasteiger partial charge in [0.1, 0.15) is 0 Å². The van der Waals surface area contributed by atoms with Gasteiger partial charge in [-0.15, -0.1) is 0 Å². The van der Waals surface area contributed by atoms with Crippen LogP contribution in [0.5, 0.6) is 0 Å². The van der Waals surface area contributed by atoms with Crippen molar-refractivity contribution < 1.29 is 0 Å². The molecule has 0 bridgehead atoms. The zero-order chi connectivity index (χ0) is 12.0. The second-order valence-electron chi connectivity index (χ2n) is 4.40. The maximum atomic E-state index is 3.84. The van der Waals surface area contributed by atoms with Crippen molar-refractivity contribution in [2.24, 2.45) is 0 Å². The fourth-order valence-corrected chi connectivity index (χ4v) is 5.20. The third-order valence-electron chi connectivity index (χ3n) is 3.72. The molecule has 0 heterocycles. The number of hydrogen-bond donors (Lipinski definition) is 0. The van der Waals surface area contributed by atoms with Gasteiger partial charge in [-0.2, -0.15) is 0 Å². The molecule has 0 nitrogen and oxygen atoms in total. The maximum absolute atomic E-state index is 3.84. The molecule has 0 amide bonds. The molecule has 0 atom stereocenters. The number of benzene rings is 1. The van der Waals surface area contributed by atoms with Crippen LogP contribution >= 0.6 is 7.26 Å². The van der Waals surface area contributed by atoms with Gasteiger partial charge in [0, 0.05) is 7.26 Å². The summed E-state index contributed by atoms with van der Waals surface area (Å²) in [5.74, 6) is 0. The van der Waals surface area contributed by atoms with Crippen molar-refractivity contribution in [2.75, 3.05) is 18.5 Å². The molecule has 0 aliphatic rings. The molecule has 0 aliphatic heterocycles. The second-order valence-corrected chi connectivity index (χ2v) is 9.29. The van der Waals surface area contributed by atoms with Gasteiger partial charge in [-0.1, -0.05) is 30.9 Å². The first kappa shape index (κ1) is 13.5. The van der Waals surface area contributed by atoms with E-state index in [9.17, 15) is 0 Å². The lowest BCUT2D eigenvalue weighted by Crippen LogP contribution is -2.05. The topological polar surface area (TPSA) is 0 Å². The first-order valence-corrected chi connectivity index (χ1v) is 8.79. The van der Waals surface area contributed by atoms with Crippen molar-refractivity contribution in [1.29, 1.82) is 0 Å². The minimum absolute atomic E-state index is 0.725. The van der Waals surface area contributed by atoms with E-state index >= 15 is 0 Å². The standard InChI is InChI=1S/C15H24P/c1-5-14-10-9-11-15(12-14)13-16(6-2,7-3)8-4/h5,9-12H,1,6-8,13H2,2-4H3/q+1. The van der Waals surface area contributed by atoms with Crippen LogP contribution in [0, 0.1) is 0 Å². The van der Waals surface area contributed by atoms with Crippen LogP contribution in [0.4, 0.5) is 0 Å². The van der Waals surface area contributed by atoms with Crippen LogP contribution in [-0.4, -0.2) is 18.5 Å². The van der Waals surface area contributed by atoms with Gasteiger partial charge in [-0.25, -0.2) is 0 Å². The maximum Gasteiger partial charge on any atom is 0.0842 e. The highest BCUT2D eigenvalue weighted by Crippen LogP contribution is 2.60. The fourth-order valence-electron chi connectivity index (χ4n) is 2.21. The first-order chi connectivity index (χ1) is 7.69. The fraction of sp³-hybridized carbons (Fsp3) is 0.467. The smallest absolute Gasteiger partial charge is 0.0842 e. The number of hydrogen-bond acceptors (Lipinski definition) is 0. The molecule has 0 aromatic heterocycles. The summed E-state index contributed by atoms with van der Waals surface area (Å²) in [7, 11) is -0.725. The Morgan fingerprint density at radius 1 is 1.12 bits per heavy atom. The lowest BCUT2D eigenvalue weighted by molar-refractivity contribution is 1.22. The number of rotatable bonds is 6. The quantitative estimate of drug-likeness (QED) is 0.615. The molecule has 16 heavy (non-hydrogen) atoms. The first-order valence-electron chi connectivity index (χ1n) is 6.26. The van der Waals surface area contributed by atoms with Gasteiger partial charge in [-0.3, -0.25) is 0 Å². The van der Waals surface area contributed by atoms with Crippen LogP contribution in [0.2, 0.25) is 0 Å². The predicted molar refractivity (Wildman–Crippen MR) is 78.8 cm³/mol. The third kappa shape index (κ3) is 3.19. The molecule has 0 saturated heterocycles. The summed E-state index contributed by atoms with van der Waals surface area (Å²) in [6.45, 7) is 10.9. The summed E-state index contributed by atoms with van der Waals surface area (Å²) < 4.78 is 0. The summed E-state index contributed by atoms with van der Waals surface area (Å²) in [4.78, 5) is 0. The van der Waals surface area contributed by atoms with Gasteiger partial charge in [0.15, 0.2) is 0 Å². The van der Waals surface area contributed by atoms with E-state index in [1.807, 2.05) is 6.08 Å². The van der Waals surface area contributed by atoms with E-state index in [1.54, 1.807) is 0 Å². The van der Waals surface area contributed by atoms with Crippen LogP contribution < -0.4 is 0 Å². The Balaban J connectivity index is 2.88. The lowest BCUT2D eigenvalue weighted by Gasteiger charge is -2.23. The molecule has 0 fully saturated rings. The van der Waals surface area contributed by atoms with E-state index in [-0.39, 0.29) is 0 Å². The predicted octanol–water partition coefficient (Wildman–Crippen LogP) is 4.91. The summed E-state index contributed by atoms with van der Waals surface area (Å²) in [5.41, 5.74) is 2.75. The van der Waals surface area contributed by atoms with Crippen molar-refractivity contribution in [2.45, 2.75) is 26.9 Å². The van der Waals surface area contributed by atoms with Crippen LogP contribution in [0.25, 0.3) is 6.08 Å². The Labute approximate surface area is 101 Å². The Kier molecular flexibility index (Phi) is 5.22. The van der Waals surface area contributed by atoms with Gasteiger partial charge < -0.3 is 0 Å². The van der Waals surface area contributed by atoms with Crippen molar-refractivity contribution >= 4 is 13.3 Å². The Morgan fingerprint density at radius 2 is 1.75 bits per heavy atom. The molecular weight excluding hydrogens is 211 g/mol. The highest BCUT2D eigenvalue weighted by molar-refractivity contribution is 7.75. The van der Waals surface area contributed by atoms with E-state index in [4.69, 9.17) is 0 Å². The average Bonchev–Trinajstić information content (AvgIpc) is 2.36. The minimum atomic E-state index is -0.725. The van der Waals surface area contributed by atoms with Crippen molar-refractivity contribution in [3.8, 4) is 0 Å². The van der Waals surface area contributed by atoms with E-state index < -0.39 is 7.26 Å². The zero-order valence-corrected chi connectivity index (χ0v) is 11.8. The molecule has 0 saturated carbocycles. The van der Waals surface area contributed by atoms with Gasteiger partial charge >= 0.3 is 0 Å². The Morgan fingerprint density at radius 3 is 2.25 bits per heavy atom. The average molecular weight is 235 g/mol. The van der Waals surface area contributed by atoms with Crippen LogP contribution in [0.1, 0.15) is 31.9 Å². The second kappa shape index (κ2) is 6.21. The monoisotopic (exact) mass is 235 g/mol. The van der Waals surface area contributed by atoms with E-state index in [2.05, 4.69) is 51.6 Å². The van der Waals surface area contributed by atoms with Gasteiger partial charge in [0.2, 0.25) is 0 Å². The van der Waals surface area contributed by atoms with Crippen molar-refractivity contribution in [3.63, 3.8) is 0 Å². The van der Waals surface area contributed by atoms with Crippen molar-refractivity contribution in [3.05, 3.63) is 42.0 Å². The van der Waals surface area contributed by atoms with Crippen molar-refractivity contribution in [1.82, 2.24) is 0 Å². The van der Waals surface area contributed by atoms with Gasteiger partial charge in [0.25, 0.3) is 0 Å². The van der Waals surface area contributed by atoms with E-state index in [0.29, 0.717) is 0 Å². The zero-order valence-electron chi connectivity index (χ0n) is 10.9. The molecule has 1 heteroatoms. The van der Waals surface area contributed by atoms with E-state index in [1.165, 1.54) is 35.8 Å². The molecule has 1 aromatic rings. The summed E-state index contributed by atoms with van der Waals surface area (Å²) in [6.07, 6.45) is 7.36. The lowest BCUT2D eigenvalue weighted by atomic mass is 10.1. The minimum Gasteiger partial charge on any atom is -0.0985 e. The van der Waals surface area contributed by atoms with Crippen LogP contribution in [0.15, 0.2) is 30.8 Å². The van der Waals surface area contributed by atoms with Crippen LogP contribution in [0.3, 0.4) is 0 Å². The largest absolute Gasteiger partial charge is 0.0985 e. The summed E-state index contributed by atoms with van der Waals surface area (Å²) in [6, 6.07) is 8.84.